The Morgan fingerprint density at radius 1 is 1.00 bits per heavy atom. The molecule has 2 aliphatic rings. The quantitative estimate of drug-likeness (QED) is 0.542. The normalized spacial score (nSPS) is 27.7. The zero-order valence-corrected chi connectivity index (χ0v) is 16.8. The lowest BCUT2D eigenvalue weighted by molar-refractivity contribution is -0.274. The molecule has 4 N–H and O–H groups in total. The summed E-state index contributed by atoms with van der Waals surface area (Å²) in [5, 5.41) is 40.1. The van der Waals surface area contributed by atoms with E-state index in [1.807, 2.05) is 0 Å². The second-order valence-corrected chi connectivity index (χ2v) is 7.88. The minimum absolute atomic E-state index is 0.321. The van der Waals surface area contributed by atoms with Gasteiger partial charge >= 0.3 is 6.36 Å². The van der Waals surface area contributed by atoms with Crippen LogP contribution >= 0.6 is 0 Å². The molecule has 4 rings (SSSR count). The van der Waals surface area contributed by atoms with Crippen LogP contribution < -0.4 is 9.47 Å². The summed E-state index contributed by atoms with van der Waals surface area (Å²) in [5.41, 5.74) is 2.85. The predicted octanol–water partition coefficient (Wildman–Crippen LogP) is 1.63. The number of halogens is 3. The lowest BCUT2D eigenvalue weighted by Gasteiger charge is -2.40. The average Bonchev–Trinajstić information content (AvgIpc) is 3.22. The number of benzene rings is 2. The van der Waals surface area contributed by atoms with E-state index >= 15 is 0 Å². The van der Waals surface area contributed by atoms with Gasteiger partial charge in [-0.25, -0.2) is 0 Å². The molecule has 1 fully saturated rings. The van der Waals surface area contributed by atoms with E-state index in [0.29, 0.717) is 36.3 Å². The average molecular weight is 456 g/mol. The Morgan fingerprint density at radius 2 is 1.72 bits per heavy atom. The Morgan fingerprint density at radius 3 is 2.38 bits per heavy atom. The molecule has 0 aliphatic carbocycles. The fourth-order valence-electron chi connectivity index (χ4n) is 4.12. The van der Waals surface area contributed by atoms with Crippen molar-refractivity contribution in [3.63, 3.8) is 0 Å². The van der Waals surface area contributed by atoms with Gasteiger partial charge in [0.2, 0.25) is 0 Å². The van der Waals surface area contributed by atoms with Crippen molar-refractivity contribution in [3.05, 3.63) is 58.7 Å². The van der Waals surface area contributed by atoms with E-state index in [4.69, 9.17) is 9.47 Å². The first-order valence-corrected chi connectivity index (χ1v) is 10.1. The largest absolute Gasteiger partial charge is 0.573 e. The van der Waals surface area contributed by atoms with Crippen LogP contribution in [0.3, 0.4) is 0 Å². The zero-order chi connectivity index (χ0) is 23.0. The van der Waals surface area contributed by atoms with Crippen LogP contribution in [0.1, 0.15) is 28.4 Å². The van der Waals surface area contributed by atoms with Gasteiger partial charge in [-0.2, -0.15) is 0 Å². The summed E-state index contributed by atoms with van der Waals surface area (Å²) in [4.78, 5) is 0. The highest BCUT2D eigenvalue weighted by Crippen LogP contribution is 2.39. The first kappa shape index (κ1) is 22.8. The van der Waals surface area contributed by atoms with Gasteiger partial charge < -0.3 is 34.6 Å². The van der Waals surface area contributed by atoms with Crippen molar-refractivity contribution >= 4 is 0 Å². The highest BCUT2D eigenvalue weighted by Gasteiger charge is 2.44. The number of aliphatic hydroxyl groups is 4. The third kappa shape index (κ3) is 4.69. The number of hydrogen-bond acceptors (Lipinski definition) is 7. The maximum absolute atomic E-state index is 12.4. The molecular weight excluding hydrogens is 433 g/mol. The lowest BCUT2D eigenvalue weighted by Crippen LogP contribution is -2.55. The minimum Gasteiger partial charge on any atom is -0.493 e. The van der Waals surface area contributed by atoms with Gasteiger partial charge in [-0.1, -0.05) is 12.1 Å². The first-order chi connectivity index (χ1) is 15.2. The van der Waals surface area contributed by atoms with Crippen LogP contribution in [0.4, 0.5) is 13.2 Å². The molecule has 0 spiro atoms. The SMILES string of the molecule is OCC1OC(c2cc3c(c(Cc4ccc(OC(F)(F)F)cc4)c2)OCC3)C(O)C(O)C1O. The first-order valence-electron chi connectivity index (χ1n) is 10.1. The molecule has 32 heavy (non-hydrogen) atoms. The molecule has 2 aromatic rings. The van der Waals surface area contributed by atoms with E-state index in [2.05, 4.69) is 4.74 Å². The number of fused-ring (bicyclic) bond motifs is 1. The van der Waals surface area contributed by atoms with E-state index in [1.54, 1.807) is 12.1 Å². The van der Waals surface area contributed by atoms with Crippen molar-refractivity contribution in [1.82, 2.24) is 0 Å². The molecule has 1 saturated heterocycles. The number of ether oxygens (including phenoxy) is 3. The number of hydrogen-bond donors (Lipinski definition) is 4. The van der Waals surface area contributed by atoms with Crippen molar-refractivity contribution < 1.29 is 47.8 Å². The Hall–Kier alpha value is -2.37. The smallest absolute Gasteiger partial charge is 0.493 e. The van der Waals surface area contributed by atoms with Gasteiger partial charge in [0.15, 0.2) is 0 Å². The molecule has 10 heteroatoms. The van der Waals surface area contributed by atoms with Crippen molar-refractivity contribution in [2.75, 3.05) is 13.2 Å². The Labute approximate surface area is 181 Å². The summed E-state index contributed by atoms with van der Waals surface area (Å²) in [5.74, 6) is 0.340. The van der Waals surface area contributed by atoms with Gasteiger partial charge in [0.25, 0.3) is 0 Å². The highest BCUT2D eigenvalue weighted by atomic mass is 19.4. The summed E-state index contributed by atoms with van der Waals surface area (Å²) in [7, 11) is 0. The molecule has 0 saturated carbocycles. The van der Waals surface area contributed by atoms with Gasteiger partial charge in [-0.3, -0.25) is 0 Å². The second kappa shape index (κ2) is 8.87. The fourth-order valence-corrected chi connectivity index (χ4v) is 4.12. The molecule has 5 unspecified atom stereocenters. The van der Waals surface area contributed by atoms with E-state index in [9.17, 15) is 33.6 Å². The third-order valence-corrected chi connectivity index (χ3v) is 5.66. The van der Waals surface area contributed by atoms with E-state index < -0.39 is 43.5 Å². The predicted molar refractivity (Wildman–Crippen MR) is 104 cm³/mol. The topological polar surface area (TPSA) is 109 Å². The van der Waals surface area contributed by atoms with Gasteiger partial charge in [0, 0.05) is 12.8 Å². The van der Waals surface area contributed by atoms with Crippen LogP contribution in [0.5, 0.6) is 11.5 Å². The standard InChI is InChI=1S/C22H23F3O7/c23-22(24,25)32-15-3-1-11(2-4-15)7-13-9-14(8-12-5-6-30-20(12)13)21-19(29)18(28)17(27)16(10-26)31-21/h1-4,8-9,16-19,21,26-29H,5-7,10H2. The van der Waals surface area contributed by atoms with Crippen molar-refractivity contribution in [3.8, 4) is 11.5 Å². The van der Waals surface area contributed by atoms with Gasteiger partial charge in [-0.05, 0) is 46.5 Å². The van der Waals surface area contributed by atoms with Crippen LogP contribution in [-0.2, 0) is 17.6 Å². The molecule has 0 radical (unpaired) electrons. The molecule has 0 amide bonds. The monoisotopic (exact) mass is 456 g/mol. The van der Waals surface area contributed by atoms with Crippen molar-refractivity contribution in [2.24, 2.45) is 0 Å². The lowest BCUT2D eigenvalue weighted by atomic mass is 9.88. The van der Waals surface area contributed by atoms with Crippen LogP contribution in [0.2, 0.25) is 0 Å². The summed E-state index contributed by atoms with van der Waals surface area (Å²) >= 11 is 0. The Kier molecular flexibility index (Phi) is 6.33. The van der Waals surface area contributed by atoms with Crippen LogP contribution in [0, 0.1) is 0 Å². The van der Waals surface area contributed by atoms with E-state index in [0.717, 1.165) is 11.1 Å². The maximum Gasteiger partial charge on any atom is 0.573 e. The highest BCUT2D eigenvalue weighted by molar-refractivity contribution is 5.50. The van der Waals surface area contributed by atoms with Crippen molar-refractivity contribution in [2.45, 2.75) is 49.7 Å². The Bertz CT molecular complexity index is 946. The molecule has 0 aromatic heterocycles. The second-order valence-electron chi connectivity index (χ2n) is 7.88. The molecule has 2 aliphatic heterocycles. The molecule has 2 heterocycles. The van der Waals surface area contributed by atoms with Crippen LogP contribution in [0.15, 0.2) is 36.4 Å². The van der Waals surface area contributed by atoms with Crippen molar-refractivity contribution in [1.29, 1.82) is 0 Å². The molecule has 2 aromatic carbocycles. The summed E-state index contributed by atoms with van der Waals surface area (Å²) in [6, 6.07) is 9.01. The molecule has 174 valence electrons. The summed E-state index contributed by atoms with van der Waals surface area (Å²) in [6.07, 6.45) is -10.2. The number of aliphatic hydroxyl groups excluding tert-OH is 4. The summed E-state index contributed by atoms with van der Waals surface area (Å²) in [6.45, 7) is -0.0759. The zero-order valence-electron chi connectivity index (χ0n) is 16.8. The molecule has 5 atom stereocenters. The fraction of sp³-hybridized carbons (Fsp3) is 0.455. The molecule has 0 bridgehead atoms. The van der Waals surface area contributed by atoms with Crippen LogP contribution in [-0.4, -0.2) is 64.4 Å². The van der Waals surface area contributed by atoms with E-state index in [-0.39, 0.29) is 5.75 Å². The number of alkyl halides is 3. The van der Waals surface area contributed by atoms with E-state index in [1.165, 1.54) is 24.3 Å². The Balaban J connectivity index is 1.61. The van der Waals surface area contributed by atoms with Gasteiger partial charge in [0.05, 0.1) is 13.2 Å². The minimum atomic E-state index is -4.77. The van der Waals surface area contributed by atoms with Gasteiger partial charge in [0.1, 0.15) is 42.0 Å². The molecule has 7 nitrogen and oxygen atoms in total. The van der Waals surface area contributed by atoms with Crippen LogP contribution in [0.25, 0.3) is 0 Å². The molecular formula is C22H23F3O7. The summed E-state index contributed by atoms with van der Waals surface area (Å²) < 4.78 is 52.4. The van der Waals surface area contributed by atoms with Gasteiger partial charge in [-0.15, -0.1) is 13.2 Å². The number of rotatable bonds is 5. The maximum atomic E-state index is 12.4. The third-order valence-electron chi connectivity index (χ3n) is 5.66.